The number of nitrogens with zero attached hydrogens (tertiary/aromatic N) is 1. The molecule has 1 unspecified atom stereocenters. The van der Waals surface area contributed by atoms with Crippen LogP contribution in [0, 0.1) is 0 Å². The van der Waals surface area contributed by atoms with Gasteiger partial charge in [0, 0.05) is 17.1 Å². The van der Waals surface area contributed by atoms with Gasteiger partial charge in [0.2, 0.25) is 0 Å². The summed E-state index contributed by atoms with van der Waals surface area (Å²) < 4.78 is 5.33. The van der Waals surface area contributed by atoms with Gasteiger partial charge in [0.05, 0.1) is 12.6 Å². The fraction of sp³-hybridized carbons (Fsp3) is 0.438. The van der Waals surface area contributed by atoms with Crippen molar-refractivity contribution in [2.45, 2.75) is 38.6 Å². The molecule has 1 aliphatic rings. The highest BCUT2D eigenvalue weighted by Crippen LogP contribution is 2.33. The molecule has 1 aromatic heterocycles. The van der Waals surface area contributed by atoms with E-state index in [1.807, 2.05) is 12.1 Å². The molecule has 1 aliphatic carbocycles. The number of nitrogens with two attached hydrogens (primary N) is 1. The molecule has 0 saturated heterocycles. The van der Waals surface area contributed by atoms with E-state index in [4.69, 9.17) is 15.5 Å². The number of hydrogen-bond acceptors (Lipinski definition) is 3. The third kappa shape index (κ3) is 2.08. The highest BCUT2D eigenvalue weighted by molar-refractivity contribution is 5.85. The summed E-state index contributed by atoms with van der Waals surface area (Å²) >= 11 is 0. The summed E-state index contributed by atoms with van der Waals surface area (Å²) in [4.78, 5) is 4.82. The van der Waals surface area contributed by atoms with Crippen LogP contribution < -0.4 is 10.5 Å². The molecule has 0 aliphatic heterocycles. The molecule has 3 rings (SSSR count). The Balaban J connectivity index is 2.33. The number of methoxy groups -OCH3 is 1. The van der Waals surface area contributed by atoms with Crippen molar-refractivity contribution in [3.8, 4) is 5.75 Å². The standard InChI is InChI=1S/C16H20N2O/c1-10(17)16-12-5-3-4-6-14(12)18-15-8-7-11(19-2)9-13(15)16/h7-10H,3-6,17H2,1-2H3. The number of fused-ring (bicyclic) bond motifs is 2. The van der Waals surface area contributed by atoms with Crippen molar-refractivity contribution in [2.24, 2.45) is 5.73 Å². The summed E-state index contributed by atoms with van der Waals surface area (Å²) in [6.07, 6.45) is 4.66. The maximum absolute atomic E-state index is 6.23. The molecule has 1 aromatic carbocycles. The van der Waals surface area contributed by atoms with E-state index in [9.17, 15) is 0 Å². The minimum atomic E-state index is 0.0319. The Bertz CT molecular complexity index is 620. The van der Waals surface area contributed by atoms with E-state index in [2.05, 4.69) is 13.0 Å². The van der Waals surface area contributed by atoms with Gasteiger partial charge in [-0.15, -0.1) is 0 Å². The lowest BCUT2D eigenvalue weighted by Crippen LogP contribution is -2.15. The van der Waals surface area contributed by atoms with Gasteiger partial charge in [0.25, 0.3) is 0 Å². The normalized spacial score (nSPS) is 16.2. The molecule has 0 saturated carbocycles. The predicted molar refractivity (Wildman–Crippen MR) is 77.5 cm³/mol. The van der Waals surface area contributed by atoms with E-state index in [1.165, 1.54) is 29.7 Å². The van der Waals surface area contributed by atoms with Crippen LogP contribution in [-0.4, -0.2) is 12.1 Å². The number of rotatable bonds is 2. The van der Waals surface area contributed by atoms with Crippen molar-refractivity contribution in [3.05, 3.63) is 35.0 Å². The lowest BCUT2D eigenvalue weighted by atomic mass is 9.87. The minimum absolute atomic E-state index is 0.0319. The molecule has 3 nitrogen and oxygen atoms in total. The first-order chi connectivity index (χ1) is 9.20. The second kappa shape index (κ2) is 4.82. The summed E-state index contributed by atoms with van der Waals surface area (Å²) in [5.41, 5.74) is 11.1. The summed E-state index contributed by atoms with van der Waals surface area (Å²) in [6.45, 7) is 2.06. The van der Waals surface area contributed by atoms with Gasteiger partial charge in [-0.1, -0.05) is 0 Å². The van der Waals surface area contributed by atoms with Gasteiger partial charge in [-0.25, -0.2) is 0 Å². The van der Waals surface area contributed by atoms with Crippen LogP contribution in [0.25, 0.3) is 10.9 Å². The quantitative estimate of drug-likeness (QED) is 0.898. The smallest absolute Gasteiger partial charge is 0.119 e. The third-order valence-electron chi connectivity index (χ3n) is 3.97. The molecule has 0 spiro atoms. The molecular weight excluding hydrogens is 236 g/mol. The Labute approximate surface area is 113 Å². The molecule has 19 heavy (non-hydrogen) atoms. The molecule has 1 heterocycles. The Morgan fingerprint density at radius 2 is 2.05 bits per heavy atom. The zero-order chi connectivity index (χ0) is 13.4. The molecule has 0 radical (unpaired) electrons. The number of aryl methyl sites for hydroxylation is 1. The van der Waals surface area contributed by atoms with Crippen LogP contribution in [0.4, 0.5) is 0 Å². The SMILES string of the molecule is COc1ccc2nc3c(c(C(C)N)c2c1)CCCC3. The molecule has 0 bridgehead atoms. The van der Waals surface area contributed by atoms with Crippen molar-refractivity contribution in [1.82, 2.24) is 4.98 Å². The summed E-state index contributed by atoms with van der Waals surface area (Å²) in [7, 11) is 1.69. The van der Waals surface area contributed by atoms with Gasteiger partial charge in [-0.05, 0) is 61.9 Å². The van der Waals surface area contributed by atoms with E-state index in [1.54, 1.807) is 7.11 Å². The van der Waals surface area contributed by atoms with Crippen molar-refractivity contribution >= 4 is 10.9 Å². The van der Waals surface area contributed by atoms with Gasteiger partial charge >= 0.3 is 0 Å². The first kappa shape index (κ1) is 12.4. The zero-order valence-electron chi connectivity index (χ0n) is 11.6. The highest BCUT2D eigenvalue weighted by Gasteiger charge is 2.20. The van der Waals surface area contributed by atoms with Crippen LogP contribution in [0.2, 0.25) is 0 Å². The predicted octanol–water partition coefficient (Wildman–Crippen LogP) is 3.14. The van der Waals surface area contributed by atoms with E-state index < -0.39 is 0 Å². The van der Waals surface area contributed by atoms with Crippen molar-refractivity contribution in [3.63, 3.8) is 0 Å². The molecule has 1 atom stereocenters. The summed E-state index contributed by atoms with van der Waals surface area (Å²) in [5, 5.41) is 1.15. The topological polar surface area (TPSA) is 48.1 Å². The second-order valence-electron chi connectivity index (χ2n) is 5.33. The lowest BCUT2D eigenvalue weighted by molar-refractivity contribution is 0.415. The number of pyridine rings is 1. The maximum atomic E-state index is 6.23. The number of hydrogen-bond donors (Lipinski definition) is 1. The maximum Gasteiger partial charge on any atom is 0.119 e. The highest BCUT2D eigenvalue weighted by atomic mass is 16.5. The van der Waals surface area contributed by atoms with Crippen LogP contribution in [0.1, 0.15) is 42.6 Å². The van der Waals surface area contributed by atoms with E-state index >= 15 is 0 Å². The van der Waals surface area contributed by atoms with Gasteiger partial charge < -0.3 is 10.5 Å². The van der Waals surface area contributed by atoms with Gasteiger partial charge in [0.15, 0.2) is 0 Å². The minimum Gasteiger partial charge on any atom is -0.497 e. The molecular formula is C16H20N2O. The molecule has 0 fully saturated rings. The van der Waals surface area contributed by atoms with Crippen molar-refractivity contribution in [1.29, 1.82) is 0 Å². The van der Waals surface area contributed by atoms with Crippen LogP contribution >= 0.6 is 0 Å². The monoisotopic (exact) mass is 256 g/mol. The first-order valence-corrected chi connectivity index (χ1v) is 6.95. The van der Waals surface area contributed by atoms with E-state index in [0.717, 1.165) is 29.5 Å². The summed E-state index contributed by atoms with van der Waals surface area (Å²) in [5.74, 6) is 0.868. The lowest BCUT2D eigenvalue weighted by Gasteiger charge is -2.23. The first-order valence-electron chi connectivity index (χ1n) is 6.95. The van der Waals surface area contributed by atoms with Crippen molar-refractivity contribution in [2.75, 3.05) is 7.11 Å². The van der Waals surface area contributed by atoms with Crippen LogP contribution in [-0.2, 0) is 12.8 Å². The fourth-order valence-corrected chi connectivity index (χ4v) is 3.09. The molecule has 2 aromatic rings. The Morgan fingerprint density at radius 3 is 2.79 bits per heavy atom. The number of benzene rings is 1. The largest absolute Gasteiger partial charge is 0.497 e. The number of aromatic nitrogens is 1. The van der Waals surface area contributed by atoms with Crippen LogP contribution in [0.5, 0.6) is 5.75 Å². The Morgan fingerprint density at radius 1 is 1.26 bits per heavy atom. The average Bonchev–Trinajstić information content (AvgIpc) is 2.43. The number of ether oxygens (including phenoxy) is 1. The van der Waals surface area contributed by atoms with Gasteiger partial charge in [-0.2, -0.15) is 0 Å². The van der Waals surface area contributed by atoms with Crippen molar-refractivity contribution < 1.29 is 4.74 Å². The Kier molecular flexibility index (Phi) is 3.15. The van der Waals surface area contributed by atoms with Crippen LogP contribution in [0.3, 0.4) is 0 Å². The zero-order valence-corrected chi connectivity index (χ0v) is 11.6. The third-order valence-corrected chi connectivity index (χ3v) is 3.97. The second-order valence-corrected chi connectivity index (χ2v) is 5.33. The average molecular weight is 256 g/mol. The molecule has 100 valence electrons. The fourth-order valence-electron chi connectivity index (χ4n) is 3.09. The van der Waals surface area contributed by atoms with E-state index in [0.29, 0.717) is 0 Å². The van der Waals surface area contributed by atoms with Crippen LogP contribution in [0.15, 0.2) is 18.2 Å². The van der Waals surface area contributed by atoms with E-state index in [-0.39, 0.29) is 6.04 Å². The Hall–Kier alpha value is -1.61. The molecule has 0 amide bonds. The molecule has 3 heteroatoms. The van der Waals surface area contributed by atoms with Gasteiger partial charge in [0.1, 0.15) is 5.75 Å². The summed E-state index contributed by atoms with van der Waals surface area (Å²) in [6, 6.07) is 6.10. The van der Waals surface area contributed by atoms with Gasteiger partial charge in [-0.3, -0.25) is 4.98 Å². The molecule has 2 N–H and O–H groups in total.